The third-order valence-corrected chi connectivity index (χ3v) is 3.94. The fourth-order valence-electron chi connectivity index (χ4n) is 2.89. The summed E-state index contributed by atoms with van der Waals surface area (Å²) < 4.78 is 5.11. The fourth-order valence-corrected chi connectivity index (χ4v) is 2.89. The van der Waals surface area contributed by atoms with Crippen molar-refractivity contribution in [3.63, 3.8) is 0 Å². The number of hydrogen-bond donors (Lipinski definition) is 1. The lowest BCUT2D eigenvalue weighted by Crippen LogP contribution is -2.44. The number of carbonyl (C=O) groups is 1. The van der Waals surface area contributed by atoms with Crippen molar-refractivity contribution in [2.24, 2.45) is 5.92 Å². The first kappa shape index (κ1) is 16.0. The van der Waals surface area contributed by atoms with Crippen LogP contribution in [0.2, 0.25) is 0 Å². The summed E-state index contributed by atoms with van der Waals surface area (Å²) in [5.74, 6) is 1.09. The summed E-state index contributed by atoms with van der Waals surface area (Å²) in [6.45, 7) is 6.05. The molecule has 1 heterocycles. The van der Waals surface area contributed by atoms with Crippen molar-refractivity contribution in [1.82, 2.24) is 4.90 Å². The lowest BCUT2D eigenvalue weighted by Gasteiger charge is -2.34. The molecule has 1 aliphatic rings. The summed E-state index contributed by atoms with van der Waals surface area (Å²) in [6, 6.07) is 7.34. The van der Waals surface area contributed by atoms with Gasteiger partial charge < -0.3 is 14.7 Å². The van der Waals surface area contributed by atoms with E-state index >= 15 is 0 Å². The maximum absolute atomic E-state index is 12.5. The second kappa shape index (κ2) is 6.58. The van der Waals surface area contributed by atoms with E-state index in [2.05, 4.69) is 4.90 Å². The van der Waals surface area contributed by atoms with Gasteiger partial charge in [-0.25, -0.2) is 0 Å². The van der Waals surface area contributed by atoms with Crippen LogP contribution in [-0.4, -0.2) is 48.1 Å². The minimum absolute atomic E-state index is 0.0939. The van der Waals surface area contributed by atoms with Gasteiger partial charge in [-0.3, -0.25) is 4.79 Å². The van der Waals surface area contributed by atoms with Crippen LogP contribution in [0.15, 0.2) is 24.3 Å². The Balaban J connectivity index is 1.90. The van der Waals surface area contributed by atoms with E-state index in [1.807, 2.05) is 38.1 Å². The zero-order chi connectivity index (χ0) is 15.5. The molecule has 0 spiro atoms. The van der Waals surface area contributed by atoms with E-state index in [-0.39, 0.29) is 11.7 Å². The van der Waals surface area contributed by atoms with Gasteiger partial charge in [-0.1, -0.05) is 0 Å². The van der Waals surface area contributed by atoms with E-state index < -0.39 is 5.60 Å². The summed E-state index contributed by atoms with van der Waals surface area (Å²) in [7, 11) is 1.62. The minimum Gasteiger partial charge on any atom is -0.497 e. The number of methoxy groups -OCH3 is 1. The highest BCUT2D eigenvalue weighted by Crippen LogP contribution is 2.23. The van der Waals surface area contributed by atoms with Gasteiger partial charge in [0.15, 0.2) is 5.78 Å². The first-order valence-corrected chi connectivity index (χ1v) is 7.52. The normalized spacial score (nSPS) is 17.7. The van der Waals surface area contributed by atoms with Gasteiger partial charge in [0, 0.05) is 18.0 Å². The van der Waals surface area contributed by atoms with Crippen LogP contribution < -0.4 is 4.74 Å². The van der Waals surface area contributed by atoms with Gasteiger partial charge in [-0.15, -0.1) is 0 Å². The highest BCUT2D eigenvalue weighted by Gasteiger charge is 2.28. The topological polar surface area (TPSA) is 49.8 Å². The molecule has 1 N–H and O–H groups in total. The number of ether oxygens (including phenoxy) is 1. The molecule has 116 valence electrons. The van der Waals surface area contributed by atoms with Gasteiger partial charge in [-0.05, 0) is 64.0 Å². The van der Waals surface area contributed by atoms with Crippen molar-refractivity contribution >= 4 is 5.78 Å². The highest BCUT2D eigenvalue weighted by molar-refractivity contribution is 5.98. The number of benzene rings is 1. The van der Waals surface area contributed by atoms with Crippen LogP contribution >= 0.6 is 0 Å². The number of aliphatic hydroxyl groups is 1. The van der Waals surface area contributed by atoms with Gasteiger partial charge >= 0.3 is 0 Å². The second-order valence-electron chi connectivity index (χ2n) is 6.46. The Kier molecular flexibility index (Phi) is 5.01. The molecule has 4 nitrogen and oxygen atoms in total. The van der Waals surface area contributed by atoms with E-state index in [4.69, 9.17) is 4.74 Å². The maximum atomic E-state index is 12.5. The van der Waals surface area contributed by atoms with E-state index in [1.54, 1.807) is 7.11 Å². The molecule has 1 saturated heterocycles. The molecule has 0 amide bonds. The van der Waals surface area contributed by atoms with Crippen LogP contribution in [0.3, 0.4) is 0 Å². The predicted molar refractivity (Wildman–Crippen MR) is 82.8 cm³/mol. The number of hydrogen-bond acceptors (Lipinski definition) is 4. The molecule has 0 aromatic heterocycles. The molecule has 0 atom stereocenters. The Labute approximate surface area is 126 Å². The summed E-state index contributed by atoms with van der Waals surface area (Å²) in [5, 5.41) is 9.85. The van der Waals surface area contributed by atoms with Crippen LogP contribution in [-0.2, 0) is 0 Å². The van der Waals surface area contributed by atoms with Crippen molar-refractivity contribution in [2.75, 3.05) is 26.7 Å². The first-order valence-electron chi connectivity index (χ1n) is 7.52. The van der Waals surface area contributed by atoms with Gasteiger partial charge in [0.1, 0.15) is 5.75 Å². The third kappa shape index (κ3) is 4.55. The number of nitrogens with zero attached hydrogens (tertiary/aromatic N) is 1. The number of likely N-dealkylation sites (tertiary alicyclic amines) is 1. The molecule has 0 aliphatic carbocycles. The largest absolute Gasteiger partial charge is 0.497 e. The smallest absolute Gasteiger partial charge is 0.166 e. The molecule has 0 unspecified atom stereocenters. The zero-order valence-electron chi connectivity index (χ0n) is 13.1. The molecule has 1 aromatic carbocycles. The third-order valence-electron chi connectivity index (χ3n) is 3.94. The molecule has 4 heteroatoms. The van der Waals surface area contributed by atoms with Gasteiger partial charge in [0.05, 0.1) is 12.7 Å². The Bertz CT molecular complexity index is 468. The van der Waals surface area contributed by atoms with E-state index in [9.17, 15) is 9.90 Å². The summed E-state index contributed by atoms with van der Waals surface area (Å²) in [6.07, 6.45) is 1.72. The Morgan fingerprint density at radius 3 is 2.33 bits per heavy atom. The van der Waals surface area contributed by atoms with Gasteiger partial charge in [-0.2, -0.15) is 0 Å². The molecule has 2 rings (SSSR count). The average Bonchev–Trinajstić information content (AvgIpc) is 2.46. The number of carbonyl (C=O) groups excluding carboxylic acids is 1. The number of Topliss-reactive ketones (excluding diaryl/α,β-unsaturated/α-hetero) is 1. The molecule has 0 saturated carbocycles. The molecule has 1 aliphatic heterocycles. The monoisotopic (exact) mass is 291 g/mol. The lowest BCUT2D eigenvalue weighted by molar-refractivity contribution is 0.0247. The van der Waals surface area contributed by atoms with E-state index in [0.717, 1.165) is 37.2 Å². The molecule has 21 heavy (non-hydrogen) atoms. The van der Waals surface area contributed by atoms with Crippen molar-refractivity contribution in [1.29, 1.82) is 0 Å². The van der Waals surface area contributed by atoms with Crippen molar-refractivity contribution in [2.45, 2.75) is 32.3 Å². The Morgan fingerprint density at radius 1 is 1.29 bits per heavy atom. The maximum Gasteiger partial charge on any atom is 0.166 e. The molecule has 1 fully saturated rings. The van der Waals surface area contributed by atoms with E-state index in [1.165, 1.54) is 0 Å². The van der Waals surface area contributed by atoms with Gasteiger partial charge in [0.2, 0.25) is 0 Å². The molecule has 1 aromatic rings. The quantitative estimate of drug-likeness (QED) is 0.846. The fraction of sp³-hybridized carbons (Fsp3) is 0.588. The highest BCUT2D eigenvalue weighted by atomic mass is 16.5. The van der Waals surface area contributed by atoms with Crippen LogP contribution in [0.4, 0.5) is 0 Å². The molecular formula is C17H25NO3. The number of ketones is 1. The van der Waals surface area contributed by atoms with E-state index in [0.29, 0.717) is 6.54 Å². The summed E-state index contributed by atoms with van der Waals surface area (Å²) >= 11 is 0. The SMILES string of the molecule is COc1ccc(C(=O)C2CCN(CC(C)(C)O)CC2)cc1. The molecular weight excluding hydrogens is 266 g/mol. The van der Waals surface area contributed by atoms with Crippen LogP contribution in [0.5, 0.6) is 5.75 Å². The standard InChI is InChI=1S/C17H25NO3/c1-17(2,20)12-18-10-8-14(9-11-18)16(19)13-4-6-15(21-3)7-5-13/h4-7,14,20H,8-12H2,1-3H3. The predicted octanol–water partition coefficient (Wildman–Crippen LogP) is 2.36. The zero-order valence-corrected chi connectivity index (χ0v) is 13.1. The average molecular weight is 291 g/mol. The van der Waals surface area contributed by atoms with Crippen molar-refractivity contribution in [3.05, 3.63) is 29.8 Å². The second-order valence-corrected chi connectivity index (χ2v) is 6.46. The Hall–Kier alpha value is -1.39. The van der Waals surface area contributed by atoms with Gasteiger partial charge in [0.25, 0.3) is 0 Å². The molecule has 0 radical (unpaired) electrons. The Morgan fingerprint density at radius 2 is 1.86 bits per heavy atom. The molecule has 0 bridgehead atoms. The van der Waals surface area contributed by atoms with Crippen molar-refractivity contribution < 1.29 is 14.6 Å². The van der Waals surface area contributed by atoms with Crippen LogP contribution in [0.25, 0.3) is 0 Å². The first-order chi connectivity index (χ1) is 9.89. The summed E-state index contributed by atoms with van der Waals surface area (Å²) in [4.78, 5) is 14.7. The summed E-state index contributed by atoms with van der Waals surface area (Å²) in [5.41, 5.74) is 0.0871. The van der Waals surface area contributed by atoms with Crippen molar-refractivity contribution in [3.8, 4) is 5.75 Å². The number of rotatable bonds is 5. The number of piperidine rings is 1. The number of β-amino-alcohol motifs (C(OH)–C–C–N with tert-alkyl or cyclic N) is 1. The minimum atomic E-state index is -0.674. The van der Waals surface area contributed by atoms with Crippen LogP contribution in [0, 0.1) is 5.92 Å². The lowest BCUT2D eigenvalue weighted by atomic mass is 9.88. The van der Waals surface area contributed by atoms with Crippen LogP contribution in [0.1, 0.15) is 37.0 Å².